The van der Waals surface area contributed by atoms with Crippen molar-refractivity contribution >= 4 is 51.8 Å². The Kier molecular flexibility index (Phi) is 6.84. The summed E-state index contributed by atoms with van der Waals surface area (Å²) in [4.78, 5) is 23.7. The van der Waals surface area contributed by atoms with Gasteiger partial charge in [0.1, 0.15) is 0 Å². The van der Waals surface area contributed by atoms with Crippen LogP contribution in [-0.4, -0.2) is 43.7 Å². The summed E-state index contributed by atoms with van der Waals surface area (Å²) < 4.78 is 11.2. The van der Waals surface area contributed by atoms with Gasteiger partial charge in [0.15, 0.2) is 10.1 Å². The smallest absolute Gasteiger partial charge is 0.287 e. The molecule has 0 aliphatic heterocycles. The number of amides is 2. The molecule has 2 amide bonds. The van der Waals surface area contributed by atoms with Crippen molar-refractivity contribution in [1.82, 2.24) is 25.7 Å². The van der Waals surface area contributed by atoms with Gasteiger partial charge in [0.25, 0.3) is 11.1 Å². The van der Waals surface area contributed by atoms with E-state index in [1.54, 1.807) is 23.9 Å². The number of nitrogens with one attached hydrogen (secondary N) is 2. The minimum atomic E-state index is -0.385. The molecule has 27 heavy (non-hydrogen) atoms. The molecule has 0 saturated carbocycles. The Bertz CT molecular complexity index is 894. The lowest BCUT2D eigenvalue weighted by atomic mass is 10.4. The largest absolute Gasteiger partial charge is 0.459 e. The van der Waals surface area contributed by atoms with Gasteiger partial charge in [0.05, 0.1) is 18.6 Å². The van der Waals surface area contributed by atoms with Crippen LogP contribution in [0.3, 0.4) is 0 Å². The first-order valence-corrected chi connectivity index (χ1v) is 10.5. The number of anilines is 1. The van der Waals surface area contributed by atoms with Crippen LogP contribution in [0.15, 0.2) is 36.8 Å². The molecule has 3 aromatic heterocycles. The maximum atomic E-state index is 11.9. The zero-order chi connectivity index (χ0) is 19.1. The summed E-state index contributed by atoms with van der Waals surface area (Å²) in [6.07, 6.45) is 1.41. The summed E-state index contributed by atoms with van der Waals surface area (Å²) in [7, 11) is 0. The summed E-state index contributed by atoms with van der Waals surface area (Å²) in [5.74, 6) is 0.747. The van der Waals surface area contributed by atoms with Crippen LogP contribution in [0.1, 0.15) is 23.4 Å². The first kappa shape index (κ1) is 19.4. The number of hydrogen-bond donors (Lipinski definition) is 2. The van der Waals surface area contributed by atoms with E-state index in [0.717, 1.165) is 21.9 Å². The van der Waals surface area contributed by atoms with Crippen molar-refractivity contribution in [1.29, 1.82) is 0 Å². The average molecular weight is 427 g/mol. The van der Waals surface area contributed by atoms with Gasteiger partial charge < -0.3 is 14.2 Å². The number of thioether (sulfide) groups is 2. The molecule has 0 spiro atoms. The number of carbonyl (C=O) groups excluding carboxylic acids is 2. The lowest BCUT2D eigenvalue weighted by Gasteiger charge is -1.99. The van der Waals surface area contributed by atoms with E-state index < -0.39 is 0 Å². The summed E-state index contributed by atoms with van der Waals surface area (Å²) in [6.45, 7) is 2.07. The van der Waals surface area contributed by atoms with E-state index in [2.05, 4.69) is 31.0 Å². The minimum Gasteiger partial charge on any atom is -0.459 e. The van der Waals surface area contributed by atoms with Crippen LogP contribution in [-0.2, 0) is 11.3 Å². The van der Waals surface area contributed by atoms with Gasteiger partial charge in [-0.3, -0.25) is 14.9 Å². The molecule has 0 atom stereocenters. The van der Waals surface area contributed by atoms with Gasteiger partial charge in [0.2, 0.25) is 16.9 Å². The fraction of sp³-hybridized carbons (Fsp3) is 0.286. The van der Waals surface area contributed by atoms with Crippen LogP contribution in [0.4, 0.5) is 5.13 Å². The SMILES string of the molecule is CCSc1nnc(NC(=O)CSc2nnc(CNC(=O)c3ccco3)o2)s1. The normalized spacial score (nSPS) is 10.7. The predicted octanol–water partition coefficient (Wildman–Crippen LogP) is 2.29. The second kappa shape index (κ2) is 9.53. The van der Waals surface area contributed by atoms with Crippen LogP contribution in [0.25, 0.3) is 0 Å². The summed E-state index contributed by atoms with van der Waals surface area (Å²) in [5.41, 5.74) is 0. The Morgan fingerprint density at radius 2 is 2.11 bits per heavy atom. The average Bonchev–Trinajstić information content (AvgIpc) is 3.40. The van der Waals surface area contributed by atoms with Gasteiger partial charge >= 0.3 is 0 Å². The first-order chi connectivity index (χ1) is 13.1. The molecule has 3 heterocycles. The van der Waals surface area contributed by atoms with E-state index in [1.807, 2.05) is 6.92 Å². The van der Waals surface area contributed by atoms with Crippen LogP contribution in [0, 0.1) is 0 Å². The molecular formula is C14H14N6O4S3. The molecule has 2 N–H and O–H groups in total. The number of furan rings is 1. The Hall–Kier alpha value is -2.38. The van der Waals surface area contributed by atoms with Crippen molar-refractivity contribution in [3.05, 3.63) is 30.0 Å². The van der Waals surface area contributed by atoms with E-state index in [-0.39, 0.29) is 41.0 Å². The second-order valence-electron chi connectivity index (χ2n) is 4.76. The van der Waals surface area contributed by atoms with Crippen molar-refractivity contribution in [2.75, 3.05) is 16.8 Å². The van der Waals surface area contributed by atoms with E-state index in [1.165, 1.54) is 17.6 Å². The zero-order valence-corrected chi connectivity index (χ0v) is 16.4. The molecule has 0 saturated heterocycles. The maximum Gasteiger partial charge on any atom is 0.287 e. The van der Waals surface area contributed by atoms with Crippen LogP contribution in [0.2, 0.25) is 0 Å². The standard InChI is InChI=1S/C14H14N6O4S3/c1-2-25-14-20-18-12(27-14)16-9(21)7-26-13-19-17-10(24-13)6-15-11(22)8-4-3-5-23-8/h3-5H,2,6-7H2,1H3,(H,15,22)(H,16,18,21). The lowest BCUT2D eigenvalue weighted by Crippen LogP contribution is -2.22. The molecule has 0 radical (unpaired) electrons. The molecule has 142 valence electrons. The Morgan fingerprint density at radius 1 is 1.22 bits per heavy atom. The van der Waals surface area contributed by atoms with E-state index in [9.17, 15) is 9.59 Å². The maximum absolute atomic E-state index is 11.9. The van der Waals surface area contributed by atoms with Crippen molar-refractivity contribution in [2.24, 2.45) is 0 Å². The van der Waals surface area contributed by atoms with Crippen molar-refractivity contribution in [3.63, 3.8) is 0 Å². The molecule has 0 aliphatic carbocycles. The van der Waals surface area contributed by atoms with Gasteiger partial charge in [0, 0.05) is 0 Å². The fourth-order valence-corrected chi connectivity index (χ4v) is 3.99. The molecular weight excluding hydrogens is 412 g/mol. The molecule has 0 aromatic carbocycles. The third-order valence-corrected chi connectivity index (χ3v) is 5.51. The number of carbonyl (C=O) groups is 2. The molecule has 0 fully saturated rings. The number of rotatable bonds is 9. The Balaban J connectivity index is 1.42. The number of aromatic nitrogens is 4. The summed E-state index contributed by atoms with van der Waals surface area (Å²) in [5, 5.41) is 21.4. The Labute approximate surface area is 165 Å². The summed E-state index contributed by atoms with van der Waals surface area (Å²) in [6, 6.07) is 3.16. The molecule has 0 unspecified atom stereocenters. The number of nitrogens with zero attached hydrogens (tertiary/aromatic N) is 4. The third kappa shape index (κ3) is 5.80. The van der Waals surface area contributed by atoms with E-state index >= 15 is 0 Å². The van der Waals surface area contributed by atoms with Crippen LogP contribution in [0.5, 0.6) is 0 Å². The molecule has 3 aromatic rings. The van der Waals surface area contributed by atoms with Crippen molar-refractivity contribution in [3.8, 4) is 0 Å². The van der Waals surface area contributed by atoms with E-state index in [4.69, 9.17) is 8.83 Å². The van der Waals surface area contributed by atoms with Crippen molar-refractivity contribution < 1.29 is 18.4 Å². The quantitative estimate of drug-likeness (QED) is 0.387. The highest BCUT2D eigenvalue weighted by molar-refractivity contribution is 8.01. The highest BCUT2D eigenvalue weighted by Crippen LogP contribution is 2.25. The third-order valence-electron chi connectivity index (χ3n) is 2.84. The molecule has 10 nitrogen and oxygen atoms in total. The predicted molar refractivity (Wildman–Crippen MR) is 99.8 cm³/mol. The van der Waals surface area contributed by atoms with Crippen molar-refractivity contribution in [2.45, 2.75) is 23.0 Å². The monoisotopic (exact) mass is 426 g/mol. The Morgan fingerprint density at radius 3 is 2.89 bits per heavy atom. The van der Waals surface area contributed by atoms with Gasteiger partial charge in [-0.05, 0) is 17.9 Å². The summed E-state index contributed by atoms with van der Waals surface area (Å²) >= 11 is 3.97. The molecule has 0 bridgehead atoms. The highest BCUT2D eigenvalue weighted by atomic mass is 32.2. The van der Waals surface area contributed by atoms with Gasteiger partial charge in [-0.1, -0.05) is 41.8 Å². The minimum absolute atomic E-state index is 0.0575. The first-order valence-electron chi connectivity index (χ1n) is 7.67. The molecule has 3 rings (SSSR count). The van der Waals surface area contributed by atoms with Crippen LogP contribution < -0.4 is 10.6 Å². The van der Waals surface area contributed by atoms with E-state index in [0.29, 0.717) is 5.13 Å². The topological polar surface area (TPSA) is 136 Å². The molecule has 0 aliphatic rings. The fourth-order valence-electron chi connectivity index (χ4n) is 1.74. The van der Waals surface area contributed by atoms with Crippen LogP contribution >= 0.6 is 34.9 Å². The van der Waals surface area contributed by atoms with Gasteiger partial charge in [-0.2, -0.15) is 0 Å². The molecule has 13 heteroatoms. The van der Waals surface area contributed by atoms with Gasteiger partial charge in [-0.15, -0.1) is 20.4 Å². The lowest BCUT2D eigenvalue weighted by molar-refractivity contribution is -0.113. The second-order valence-corrected chi connectivity index (χ2v) is 8.18. The number of hydrogen-bond acceptors (Lipinski definition) is 11. The zero-order valence-electron chi connectivity index (χ0n) is 14.0. The van der Waals surface area contributed by atoms with Gasteiger partial charge in [-0.25, -0.2) is 0 Å². The highest BCUT2D eigenvalue weighted by Gasteiger charge is 2.14.